The van der Waals surface area contributed by atoms with E-state index in [-0.39, 0.29) is 18.0 Å². The van der Waals surface area contributed by atoms with Crippen molar-refractivity contribution in [3.8, 4) is 0 Å². The molecule has 1 aromatic rings. The van der Waals surface area contributed by atoms with Gasteiger partial charge in [-0.15, -0.1) is 12.4 Å². The molecule has 0 saturated heterocycles. The van der Waals surface area contributed by atoms with Gasteiger partial charge in [0.2, 0.25) is 0 Å². The lowest BCUT2D eigenvalue weighted by molar-refractivity contribution is 0.0697. The van der Waals surface area contributed by atoms with Crippen molar-refractivity contribution in [2.75, 3.05) is 12.4 Å². The highest BCUT2D eigenvalue weighted by Gasteiger charge is 2.10. The fourth-order valence-electron chi connectivity index (χ4n) is 0.802. The average Bonchev–Trinajstić information content (AvgIpc) is 2.04. The Bertz CT molecular complexity index is 317. The van der Waals surface area contributed by atoms with E-state index in [9.17, 15) is 4.79 Å². The van der Waals surface area contributed by atoms with Crippen LogP contribution in [0.15, 0.2) is 12.3 Å². The van der Waals surface area contributed by atoms with Crippen LogP contribution in [0.3, 0.4) is 0 Å². The van der Waals surface area contributed by atoms with Gasteiger partial charge in [-0.3, -0.25) is 0 Å². The zero-order valence-electron chi connectivity index (χ0n) is 6.74. The Labute approximate surface area is 86.3 Å². The summed E-state index contributed by atoms with van der Waals surface area (Å²) in [6, 6.07) is 1.35. The number of hydrogen-bond donors (Lipinski definition) is 2. The van der Waals surface area contributed by atoms with Crippen molar-refractivity contribution in [3.63, 3.8) is 0 Å². The van der Waals surface area contributed by atoms with Gasteiger partial charge in [0, 0.05) is 13.2 Å². The molecular weight excluding hydrogens is 215 g/mol. The van der Waals surface area contributed by atoms with Crippen molar-refractivity contribution in [2.45, 2.75) is 0 Å². The molecule has 0 aromatic carbocycles. The fourth-order valence-corrected chi connectivity index (χ4v) is 0.959. The number of nitrogens with one attached hydrogen (secondary N) is 1. The molecule has 0 aliphatic rings. The van der Waals surface area contributed by atoms with Crippen molar-refractivity contribution in [2.24, 2.45) is 0 Å². The van der Waals surface area contributed by atoms with E-state index in [2.05, 4.69) is 10.3 Å². The Kier molecular flexibility index (Phi) is 4.51. The zero-order chi connectivity index (χ0) is 9.14. The second kappa shape index (κ2) is 4.89. The van der Waals surface area contributed by atoms with Crippen LogP contribution in [0.1, 0.15) is 10.4 Å². The fraction of sp³-hybridized carbons (Fsp3) is 0.143. The first-order valence-corrected chi connectivity index (χ1v) is 3.59. The molecule has 0 aliphatic heterocycles. The van der Waals surface area contributed by atoms with Gasteiger partial charge in [-0.1, -0.05) is 11.6 Å². The third-order valence-corrected chi connectivity index (χ3v) is 1.53. The van der Waals surface area contributed by atoms with E-state index in [0.29, 0.717) is 10.8 Å². The Morgan fingerprint density at radius 3 is 2.77 bits per heavy atom. The normalized spacial score (nSPS) is 8.77. The van der Waals surface area contributed by atoms with E-state index in [1.165, 1.54) is 12.3 Å². The maximum atomic E-state index is 10.6. The molecule has 72 valence electrons. The van der Waals surface area contributed by atoms with E-state index in [0.717, 1.165) is 0 Å². The SMILES string of the molecule is CNc1ncc(Cl)cc1C(=O)O.Cl. The molecule has 0 saturated carbocycles. The van der Waals surface area contributed by atoms with E-state index in [1.54, 1.807) is 7.05 Å². The number of nitrogens with zero attached hydrogens (tertiary/aromatic N) is 1. The molecule has 0 unspecified atom stereocenters. The lowest BCUT2D eigenvalue weighted by Gasteiger charge is -2.02. The first-order chi connectivity index (χ1) is 5.65. The van der Waals surface area contributed by atoms with Crippen molar-refractivity contribution in [1.82, 2.24) is 4.98 Å². The number of aromatic nitrogens is 1. The predicted octanol–water partition coefficient (Wildman–Crippen LogP) is 1.90. The van der Waals surface area contributed by atoms with Gasteiger partial charge in [-0.2, -0.15) is 0 Å². The lowest BCUT2D eigenvalue weighted by atomic mass is 10.2. The Morgan fingerprint density at radius 1 is 1.69 bits per heavy atom. The molecule has 13 heavy (non-hydrogen) atoms. The van der Waals surface area contributed by atoms with Crippen LogP contribution in [0.25, 0.3) is 0 Å². The summed E-state index contributed by atoms with van der Waals surface area (Å²) < 4.78 is 0. The highest BCUT2D eigenvalue weighted by molar-refractivity contribution is 6.30. The number of hydrogen-bond acceptors (Lipinski definition) is 3. The Hall–Kier alpha value is -1.00. The molecule has 1 rings (SSSR count). The summed E-state index contributed by atoms with van der Waals surface area (Å²) in [6.45, 7) is 0. The maximum Gasteiger partial charge on any atom is 0.339 e. The number of aromatic carboxylic acids is 1. The first-order valence-electron chi connectivity index (χ1n) is 3.21. The summed E-state index contributed by atoms with van der Waals surface area (Å²) in [4.78, 5) is 14.4. The molecule has 4 nitrogen and oxygen atoms in total. The highest BCUT2D eigenvalue weighted by atomic mass is 35.5. The largest absolute Gasteiger partial charge is 0.478 e. The molecular formula is C7H8Cl2N2O2. The van der Waals surface area contributed by atoms with Crippen LogP contribution in [0.2, 0.25) is 5.02 Å². The van der Waals surface area contributed by atoms with Crippen LogP contribution >= 0.6 is 24.0 Å². The quantitative estimate of drug-likeness (QED) is 0.803. The summed E-state index contributed by atoms with van der Waals surface area (Å²) in [5.41, 5.74) is 0.0741. The number of pyridine rings is 1. The van der Waals surface area contributed by atoms with E-state index < -0.39 is 5.97 Å². The van der Waals surface area contributed by atoms with E-state index in [1.807, 2.05) is 0 Å². The zero-order valence-corrected chi connectivity index (χ0v) is 8.32. The van der Waals surface area contributed by atoms with Gasteiger partial charge in [0.1, 0.15) is 11.4 Å². The number of rotatable bonds is 2. The van der Waals surface area contributed by atoms with Gasteiger partial charge >= 0.3 is 5.97 Å². The minimum atomic E-state index is -1.05. The number of carboxylic acids is 1. The van der Waals surface area contributed by atoms with Crippen molar-refractivity contribution >= 4 is 35.8 Å². The van der Waals surface area contributed by atoms with Gasteiger partial charge in [-0.25, -0.2) is 9.78 Å². The summed E-state index contributed by atoms with van der Waals surface area (Å²) in [6.07, 6.45) is 1.39. The van der Waals surface area contributed by atoms with Crippen molar-refractivity contribution < 1.29 is 9.90 Å². The van der Waals surface area contributed by atoms with E-state index in [4.69, 9.17) is 16.7 Å². The van der Waals surface area contributed by atoms with Gasteiger partial charge in [-0.05, 0) is 6.07 Å². The molecule has 0 fully saturated rings. The molecule has 1 heterocycles. The van der Waals surface area contributed by atoms with Crippen LogP contribution < -0.4 is 5.32 Å². The minimum Gasteiger partial charge on any atom is -0.478 e. The third-order valence-electron chi connectivity index (χ3n) is 1.32. The molecule has 0 spiro atoms. The third kappa shape index (κ3) is 2.75. The Morgan fingerprint density at radius 2 is 2.31 bits per heavy atom. The smallest absolute Gasteiger partial charge is 0.339 e. The van der Waals surface area contributed by atoms with Gasteiger partial charge in [0.25, 0.3) is 0 Å². The molecule has 0 radical (unpaired) electrons. The van der Waals surface area contributed by atoms with E-state index >= 15 is 0 Å². The van der Waals surface area contributed by atoms with Crippen LogP contribution in [0, 0.1) is 0 Å². The van der Waals surface area contributed by atoms with Crippen LogP contribution in [-0.2, 0) is 0 Å². The summed E-state index contributed by atoms with van der Waals surface area (Å²) in [5.74, 6) is -0.735. The van der Waals surface area contributed by atoms with Gasteiger partial charge in [0.15, 0.2) is 0 Å². The number of halogens is 2. The van der Waals surface area contributed by atoms with Gasteiger partial charge in [0.05, 0.1) is 5.02 Å². The molecule has 0 amide bonds. The topological polar surface area (TPSA) is 62.2 Å². The molecule has 0 bridgehead atoms. The monoisotopic (exact) mass is 222 g/mol. The number of anilines is 1. The molecule has 0 atom stereocenters. The number of carbonyl (C=O) groups is 1. The second-order valence-corrected chi connectivity index (χ2v) is 2.54. The van der Waals surface area contributed by atoms with Gasteiger partial charge < -0.3 is 10.4 Å². The molecule has 2 N–H and O–H groups in total. The van der Waals surface area contributed by atoms with Crippen LogP contribution in [0.4, 0.5) is 5.82 Å². The lowest BCUT2D eigenvalue weighted by Crippen LogP contribution is -2.04. The predicted molar refractivity (Wildman–Crippen MR) is 53.0 cm³/mol. The highest BCUT2D eigenvalue weighted by Crippen LogP contribution is 2.16. The van der Waals surface area contributed by atoms with Crippen molar-refractivity contribution in [3.05, 3.63) is 22.8 Å². The second-order valence-electron chi connectivity index (χ2n) is 2.10. The molecule has 6 heteroatoms. The average molecular weight is 223 g/mol. The van der Waals surface area contributed by atoms with Crippen LogP contribution in [0.5, 0.6) is 0 Å². The standard InChI is InChI=1S/C7H7ClN2O2.ClH/c1-9-6-5(7(11)12)2-4(8)3-10-6;/h2-3H,1H3,(H,9,10)(H,11,12);1H. The van der Waals surface area contributed by atoms with Crippen LogP contribution in [-0.4, -0.2) is 23.1 Å². The number of carboxylic acid groups (broad SMARTS) is 1. The minimum absolute atomic E-state index is 0. The molecule has 1 aromatic heterocycles. The summed E-state index contributed by atoms with van der Waals surface area (Å²) in [5, 5.41) is 11.6. The Balaban J connectivity index is 0.00000144. The summed E-state index contributed by atoms with van der Waals surface area (Å²) in [7, 11) is 1.60. The summed E-state index contributed by atoms with van der Waals surface area (Å²) >= 11 is 5.56. The first kappa shape index (κ1) is 12.0. The molecule has 0 aliphatic carbocycles. The maximum absolute atomic E-state index is 10.6. The van der Waals surface area contributed by atoms with Crippen molar-refractivity contribution in [1.29, 1.82) is 0 Å².